The van der Waals surface area contributed by atoms with Crippen LogP contribution in [0.1, 0.15) is 19.8 Å². The maximum Gasteiger partial charge on any atom is 0.409 e. The fourth-order valence-electron chi connectivity index (χ4n) is 1.72. The van der Waals surface area contributed by atoms with Crippen molar-refractivity contribution >= 4 is 12.1 Å². The number of ether oxygens (including phenoxy) is 2. The lowest BCUT2D eigenvalue weighted by molar-refractivity contribution is -0.149. The fraction of sp³-hybridized carbons (Fsp3) is 0.800. The molecule has 0 bridgehead atoms. The Morgan fingerprint density at radius 3 is 2.80 bits per heavy atom. The van der Waals surface area contributed by atoms with E-state index in [9.17, 15) is 9.59 Å². The number of carbonyl (C=O) groups is 2. The zero-order valence-corrected chi connectivity index (χ0v) is 9.19. The second-order valence-electron chi connectivity index (χ2n) is 3.51. The van der Waals surface area contributed by atoms with Crippen molar-refractivity contribution in [3.8, 4) is 0 Å². The molecule has 1 rings (SSSR count). The fourth-order valence-corrected chi connectivity index (χ4v) is 1.72. The minimum Gasteiger partial charge on any atom is -0.466 e. The Morgan fingerprint density at radius 1 is 1.47 bits per heavy atom. The second kappa shape index (κ2) is 5.58. The summed E-state index contributed by atoms with van der Waals surface area (Å²) in [6.45, 7) is 3.22. The van der Waals surface area contributed by atoms with Gasteiger partial charge in [-0.2, -0.15) is 0 Å². The Labute approximate surface area is 89.3 Å². The van der Waals surface area contributed by atoms with Crippen LogP contribution in [-0.2, 0) is 14.3 Å². The summed E-state index contributed by atoms with van der Waals surface area (Å²) < 4.78 is 9.54. The summed E-state index contributed by atoms with van der Waals surface area (Å²) >= 11 is 0. The minimum absolute atomic E-state index is 0.196. The van der Waals surface area contributed by atoms with E-state index in [1.54, 1.807) is 11.8 Å². The standard InChI is InChI=1S/C10H17NO4/c1-3-15-9(12)8-5-4-6-11(7-8)10(13)14-2/h8H,3-7H2,1-2H3/t8-/m0/s1. The molecule has 0 aromatic carbocycles. The van der Waals surface area contributed by atoms with Gasteiger partial charge in [0, 0.05) is 13.1 Å². The average Bonchev–Trinajstić information content (AvgIpc) is 2.28. The number of hydrogen-bond donors (Lipinski definition) is 0. The van der Waals surface area contributed by atoms with Gasteiger partial charge >= 0.3 is 12.1 Å². The summed E-state index contributed by atoms with van der Waals surface area (Å²) in [5.41, 5.74) is 0. The third-order valence-electron chi connectivity index (χ3n) is 2.47. The Bertz CT molecular complexity index is 242. The van der Waals surface area contributed by atoms with Gasteiger partial charge in [-0.05, 0) is 19.8 Å². The number of likely N-dealkylation sites (tertiary alicyclic amines) is 1. The summed E-state index contributed by atoms with van der Waals surface area (Å²) in [7, 11) is 1.34. The van der Waals surface area contributed by atoms with Crippen LogP contribution in [0, 0.1) is 5.92 Å². The van der Waals surface area contributed by atoms with Gasteiger partial charge in [0.2, 0.25) is 0 Å². The van der Waals surface area contributed by atoms with E-state index < -0.39 is 0 Å². The number of piperidine rings is 1. The van der Waals surface area contributed by atoms with E-state index in [0.29, 0.717) is 19.7 Å². The molecule has 1 atom stereocenters. The number of carbonyl (C=O) groups excluding carboxylic acids is 2. The van der Waals surface area contributed by atoms with Crippen molar-refractivity contribution in [2.45, 2.75) is 19.8 Å². The molecule has 0 N–H and O–H groups in total. The molecule has 1 heterocycles. The first-order valence-corrected chi connectivity index (χ1v) is 5.18. The second-order valence-corrected chi connectivity index (χ2v) is 3.51. The summed E-state index contributed by atoms with van der Waals surface area (Å²) in [6, 6.07) is 0. The SMILES string of the molecule is CCOC(=O)[C@H]1CCCN(C(=O)OC)C1. The highest BCUT2D eigenvalue weighted by Crippen LogP contribution is 2.18. The molecule has 1 saturated heterocycles. The van der Waals surface area contributed by atoms with E-state index in [4.69, 9.17) is 4.74 Å². The molecular formula is C10H17NO4. The van der Waals surface area contributed by atoms with Crippen LogP contribution in [-0.4, -0.2) is 43.8 Å². The van der Waals surface area contributed by atoms with Crippen LogP contribution in [0.5, 0.6) is 0 Å². The van der Waals surface area contributed by atoms with Gasteiger partial charge in [-0.15, -0.1) is 0 Å². The van der Waals surface area contributed by atoms with Crippen molar-refractivity contribution in [2.24, 2.45) is 5.92 Å². The van der Waals surface area contributed by atoms with E-state index in [-0.39, 0.29) is 18.0 Å². The monoisotopic (exact) mass is 215 g/mol. The van der Waals surface area contributed by atoms with E-state index in [1.165, 1.54) is 7.11 Å². The molecule has 0 radical (unpaired) electrons. The van der Waals surface area contributed by atoms with E-state index in [1.807, 2.05) is 0 Å². The number of esters is 1. The van der Waals surface area contributed by atoms with Gasteiger partial charge < -0.3 is 14.4 Å². The molecule has 1 fully saturated rings. The Hall–Kier alpha value is -1.26. The van der Waals surface area contributed by atoms with E-state index in [0.717, 1.165) is 12.8 Å². The number of methoxy groups -OCH3 is 1. The quantitative estimate of drug-likeness (QED) is 0.645. The first-order chi connectivity index (χ1) is 7.19. The van der Waals surface area contributed by atoms with Crippen molar-refractivity contribution in [1.82, 2.24) is 4.90 Å². The van der Waals surface area contributed by atoms with Gasteiger partial charge in [-0.1, -0.05) is 0 Å². The van der Waals surface area contributed by atoms with Crippen LogP contribution in [0.4, 0.5) is 4.79 Å². The highest BCUT2D eigenvalue weighted by atomic mass is 16.5. The normalized spacial score (nSPS) is 20.9. The number of nitrogens with zero attached hydrogens (tertiary/aromatic N) is 1. The van der Waals surface area contributed by atoms with Crippen LogP contribution < -0.4 is 0 Å². The highest BCUT2D eigenvalue weighted by Gasteiger charge is 2.29. The van der Waals surface area contributed by atoms with Crippen molar-refractivity contribution < 1.29 is 19.1 Å². The maximum atomic E-state index is 11.5. The lowest BCUT2D eigenvalue weighted by Crippen LogP contribution is -2.42. The Morgan fingerprint density at radius 2 is 2.20 bits per heavy atom. The van der Waals surface area contributed by atoms with Crippen molar-refractivity contribution in [1.29, 1.82) is 0 Å². The molecule has 15 heavy (non-hydrogen) atoms. The molecule has 1 aliphatic rings. The van der Waals surface area contributed by atoms with Crippen LogP contribution in [0.2, 0.25) is 0 Å². The molecule has 5 nitrogen and oxygen atoms in total. The number of rotatable bonds is 2. The molecule has 86 valence electrons. The molecule has 1 aliphatic heterocycles. The van der Waals surface area contributed by atoms with Gasteiger partial charge in [-0.25, -0.2) is 4.79 Å². The topological polar surface area (TPSA) is 55.8 Å². The Kier molecular flexibility index (Phi) is 4.39. The van der Waals surface area contributed by atoms with Crippen LogP contribution in [0.3, 0.4) is 0 Å². The molecule has 0 unspecified atom stereocenters. The Balaban J connectivity index is 2.48. The molecular weight excluding hydrogens is 198 g/mol. The molecule has 0 saturated carbocycles. The van der Waals surface area contributed by atoms with Crippen molar-refractivity contribution in [2.75, 3.05) is 26.8 Å². The van der Waals surface area contributed by atoms with Crippen LogP contribution in [0.15, 0.2) is 0 Å². The molecule has 0 aromatic heterocycles. The van der Waals surface area contributed by atoms with Crippen LogP contribution in [0.25, 0.3) is 0 Å². The van der Waals surface area contributed by atoms with Gasteiger partial charge in [0.05, 0.1) is 19.6 Å². The molecule has 0 spiro atoms. The largest absolute Gasteiger partial charge is 0.466 e. The summed E-state index contributed by atoms with van der Waals surface area (Å²) in [6.07, 6.45) is 1.23. The molecule has 1 amide bonds. The molecule has 0 aliphatic carbocycles. The molecule has 5 heteroatoms. The minimum atomic E-state index is -0.371. The van der Waals surface area contributed by atoms with Gasteiger partial charge in [-0.3, -0.25) is 4.79 Å². The third kappa shape index (κ3) is 3.11. The summed E-state index contributed by atoms with van der Waals surface area (Å²) in [5, 5.41) is 0. The molecule has 0 aromatic rings. The lowest BCUT2D eigenvalue weighted by Gasteiger charge is -2.30. The van der Waals surface area contributed by atoms with Gasteiger partial charge in [0.15, 0.2) is 0 Å². The maximum absolute atomic E-state index is 11.5. The average molecular weight is 215 g/mol. The van der Waals surface area contributed by atoms with Crippen LogP contribution >= 0.6 is 0 Å². The summed E-state index contributed by atoms with van der Waals surface area (Å²) in [4.78, 5) is 24.2. The number of hydrogen-bond acceptors (Lipinski definition) is 4. The van der Waals surface area contributed by atoms with Gasteiger partial charge in [0.25, 0.3) is 0 Å². The predicted molar refractivity (Wildman–Crippen MR) is 53.3 cm³/mol. The smallest absolute Gasteiger partial charge is 0.409 e. The lowest BCUT2D eigenvalue weighted by atomic mass is 9.99. The first kappa shape index (κ1) is 11.8. The van der Waals surface area contributed by atoms with E-state index in [2.05, 4.69) is 4.74 Å². The van der Waals surface area contributed by atoms with Gasteiger partial charge in [0.1, 0.15) is 0 Å². The zero-order chi connectivity index (χ0) is 11.3. The van der Waals surface area contributed by atoms with Crippen molar-refractivity contribution in [3.63, 3.8) is 0 Å². The highest BCUT2D eigenvalue weighted by molar-refractivity contribution is 5.74. The zero-order valence-electron chi connectivity index (χ0n) is 9.19. The number of amides is 1. The third-order valence-corrected chi connectivity index (χ3v) is 2.47. The predicted octanol–water partition coefficient (Wildman–Crippen LogP) is 1.03. The van der Waals surface area contributed by atoms with Crippen molar-refractivity contribution in [3.05, 3.63) is 0 Å². The van der Waals surface area contributed by atoms with E-state index >= 15 is 0 Å². The first-order valence-electron chi connectivity index (χ1n) is 5.18. The summed E-state index contributed by atoms with van der Waals surface area (Å²) in [5.74, 6) is -0.413.